The molecule has 1 heterocycles. The molecule has 1 aromatic heterocycles. The molecular formula is C14H18BrNSi. The summed E-state index contributed by atoms with van der Waals surface area (Å²) in [6.07, 6.45) is 9.96. The fourth-order valence-corrected chi connectivity index (χ4v) is 3.97. The summed E-state index contributed by atoms with van der Waals surface area (Å²) in [6.45, 7) is 3.37. The average Bonchev–Trinajstić information content (AvgIpc) is 2.76. The summed E-state index contributed by atoms with van der Waals surface area (Å²) >= 11 is 3.84. The summed E-state index contributed by atoms with van der Waals surface area (Å²) in [7, 11) is 0. The molecular weight excluding hydrogens is 290 g/mol. The Balaban J connectivity index is 1.91. The van der Waals surface area contributed by atoms with E-state index in [-0.39, 0.29) is 0 Å². The first-order valence-electron chi connectivity index (χ1n) is 6.04. The van der Waals surface area contributed by atoms with Gasteiger partial charge in [-0.05, 0) is 31.4 Å². The van der Waals surface area contributed by atoms with E-state index in [0.29, 0.717) is 0 Å². The summed E-state index contributed by atoms with van der Waals surface area (Å²) in [4.78, 5) is 4.36. The second kappa shape index (κ2) is 5.32. The Labute approximate surface area is 112 Å². The van der Waals surface area contributed by atoms with Gasteiger partial charge in [0.15, 0.2) is 6.69 Å². The molecule has 0 atom stereocenters. The second-order valence-corrected chi connectivity index (χ2v) is 14.4. The third-order valence-electron chi connectivity index (χ3n) is 3.06. The Morgan fingerprint density at radius 2 is 2.12 bits per heavy atom. The van der Waals surface area contributed by atoms with E-state index in [9.17, 15) is 0 Å². The fourth-order valence-electron chi connectivity index (χ4n) is 2.00. The lowest BCUT2D eigenvalue weighted by molar-refractivity contribution is 0.884. The molecule has 0 saturated carbocycles. The van der Waals surface area contributed by atoms with Crippen molar-refractivity contribution >= 4 is 22.0 Å². The number of rotatable bonds is 4. The molecule has 0 aromatic carbocycles. The molecule has 0 radical (unpaired) electrons. The van der Waals surface area contributed by atoms with Crippen LogP contribution in [0.3, 0.4) is 0 Å². The Morgan fingerprint density at radius 3 is 2.71 bits per heavy atom. The van der Waals surface area contributed by atoms with E-state index in [2.05, 4.69) is 57.7 Å². The Bertz CT molecular complexity index is 443. The Morgan fingerprint density at radius 1 is 1.29 bits per heavy atom. The van der Waals surface area contributed by atoms with E-state index in [0.717, 1.165) is 19.3 Å². The van der Waals surface area contributed by atoms with E-state index in [1.54, 1.807) is 5.57 Å². The van der Waals surface area contributed by atoms with Crippen molar-refractivity contribution in [2.24, 2.45) is 0 Å². The van der Waals surface area contributed by atoms with Crippen molar-refractivity contribution in [2.45, 2.75) is 32.4 Å². The highest BCUT2D eigenvalue weighted by atomic mass is 79.9. The van der Waals surface area contributed by atoms with Crippen LogP contribution in [0.15, 0.2) is 47.3 Å². The Kier molecular flexibility index (Phi) is 3.99. The molecule has 3 heteroatoms. The van der Waals surface area contributed by atoms with Crippen LogP contribution in [0.5, 0.6) is 0 Å². The minimum absolute atomic E-state index is 1.05. The van der Waals surface area contributed by atoms with Crippen LogP contribution < -0.4 is 0 Å². The SMILES string of the molecule is C[Si](C)(Br)C1=CCC(CCc2ccccn2)=C1. The molecule has 0 saturated heterocycles. The number of nitrogens with zero attached hydrogens (tertiary/aromatic N) is 1. The maximum Gasteiger partial charge on any atom is 0.154 e. The topological polar surface area (TPSA) is 12.9 Å². The lowest BCUT2D eigenvalue weighted by Gasteiger charge is -2.12. The molecule has 1 aliphatic rings. The van der Waals surface area contributed by atoms with Gasteiger partial charge in [-0.15, -0.1) is 15.3 Å². The lowest BCUT2D eigenvalue weighted by atomic mass is 10.1. The van der Waals surface area contributed by atoms with Crippen molar-refractivity contribution in [3.8, 4) is 0 Å². The first kappa shape index (κ1) is 12.8. The first-order valence-corrected chi connectivity index (χ1v) is 11.3. The molecule has 0 aliphatic heterocycles. The number of allylic oxidation sites excluding steroid dienone is 4. The zero-order valence-corrected chi connectivity index (χ0v) is 13.0. The molecule has 90 valence electrons. The van der Waals surface area contributed by atoms with Crippen LogP contribution in [0.1, 0.15) is 18.5 Å². The highest BCUT2D eigenvalue weighted by Crippen LogP contribution is 2.31. The molecule has 0 N–H and O–H groups in total. The van der Waals surface area contributed by atoms with Crippen molar-refractivity contribution in [3.05, 3.63) is 53.0 Å². The zero-order chi connectivity index (χ0) is 12.3. The molecule has 0 spiro atoms. The predicted molar refractivity (Wildman–Crippen MR) is 79.8 cm³/mol. The van der Waals surface area contributed by atoms with Crippen LogP contribution in [0.2, 0.25) is 13.1 Å². The van der Waals surface area contributed by atoms with Crippen LogP contribution in [0.25, 0.3) is 0 Å². The number of aryl methyl sites for hydroxylation is 1. The number of pyridine rings is 1. The van der Waals surface area contributed by atoms with Crippen LogP contribution in [-0.4, -0.2) is 11.7 Å². The lowest BCUT2D eigenvalue weighted by Crippen LogP contribution is -2.17. The minimum Gasteiger partial charge on any atom is -0.261 e. The summed E-state index contributed by atoms with van der Waals surface area (Å²) in [6, 6.07) is 6.13. The van der Waals surface area contributed by atoms with E-state index in [4.69, 9.17) is 0 Å². The number of hydrogen-bond donors (Lipinski definition) is 0. The third kappa shape index (κ3) is 3.65. The molecule has 0 amide bonds. The maximum absolute atomic E-state index is 4.36. The highest BCUT2D eigenvalue weighted by molar-refractivity contribution is 9.26. The summed E-state index contributed by atoms with van der Waals surface area (Å²) in [5.74, 6) is 0. The maximum atomic E-state index is 4.36. The molecule has 17 heavy (non-hydrogen) atoms. The van der Waals surface area contributed by atoms with E-state index < -0.39 is 6.69 Å². The van der Waals surface area contributed by atoms with Crippen molar-refractivity contribution < 1.29 is 0 Å². The molecule has 1 aromatic rings. The van der Waals surface area contributed by atoms with Crippen LogP contribution in [0, 0.1) is 0 Å². The van der Waals surface area contributed by atoms with Crippen LogP contribution in [-0.2, 0) is 6.42 Å². The Hall–Kier alpha value is -0.673. The first-order chi connectivity index (χ1) is 8.05. The summed E-state index contributed by atoms with van der Waals surface area (Å²) in [5.41, 5.74) is 2.74. The number of halogens is 1. The smallest absolute Gasteiger partial charge is 0.154 e. The highest BCUT2D eigenvalue weighted by Gasteiger charge is 2.23. The van der Waals surface area contributed by atoms with Gasteiger partial charge < -0.3 is 0 Å². The van der Waals surface area contributed by atoms with Gasteiger partial charge in [0.1, 0.15) is 0 Å². The van der Waals surface area contributed by atoms with Gasteiger partial charge in [0.25, 0.3) is 0 Å². The normalized spacial score (nSPS) is 15.7. The monoisotopic (exact) mass is 307 g/mol. The quantitative estimate of drug-likeness (QED) is 0.593. The number of hydrogen-bond acceptors (Lipinski definition) is 1. The van der Waals surface area contributed by atoms with Gasteiger partial charge >= 0.3 is 0 Å². The van der Waals surface area contributed by atoms with Gasteiger partial charge in [-0.2, -0.15) is 0 Å². The van der Waals surface area contributed by atoms with Gasteiger partial charge in [0.05, 0.1) is 0 Å². The van der Waals surface area contributed by atoms with Crippen LogP contribution in [0.4, 0.5) is 0 Å². The molecule has 0 bridgehead atoms. The van der Waals surface area contributed by atoms with E-state index >= 15 is 0 Å². The number of aromatic nitrogens is 1. The van der Waals surface area contributed by atoms with E-state index in [1.165, 1.54) is 10.9 Å². The van der Waals surface area contributed by atoms with Gasteiger partial charge in [-0.25, -0.2) is 0 Å². The third-order valence-corrected chi connectivity index (χ3v) is 6.15. The van der Waals surface area contributed by atoms with Gasteiger partial charge in [-0.3, -0.25) is 4.98 Å². The molecule has 1 nitrogen and oxygen atoms in total. The van der Waals surface area contributed by atoms with Gasteiger partial charge in [-0.1, -0.05) is 42.1 Å². The summed E-state index contributed by atoms with van der Waals surface area (Å²) < 4.78 is 0. The van der Waals surface area contributed by atoms with E-state index in [1.807, 2.05) is 12.3 Å². The standard InChI is InChI=1S/C14H18BrNSi/c1-17(2,15)14-9-7-12(11-14)6-8-13-5-3-4-10-16-13/h3-5,9-11H,6-8H2,1-2H3. The van der Waals surface area contributed by atoms with Gasteiger partial charge in [0, 0.05) is 11.9 Å². The fraction of sp³-hybridized carbons (Fsp3) is 0.357. The van der Waals surface area contributed by atoms with Crippen LogP contribution >= 0.6 is 15.3 Å². The van der Waals surface area contributed by atoms with Crippen molar-refractivity contribution in [1.29, 1.82) is 0 Å². The summed E-state index contributed by atoms with van der Waals surface area (Å²) in [5, 5.41) is 1.54. The van der Waals surface area contributed by atoms with Crippen molar-refractivity contribution in [3.63, 3.8) is 0 Å². The molecule has 0 unspecified atom stereocenters. The van der Waals surface area contributed by atoms with Gasteiger partial charge in [0.2, 0.25) is 0 Å². The molecule has 2 rings (SSSR count). The second-order valence-electron chi connectivity index (χ2n) is 4.96. The van der Waals surface area contributed by atoms with Crippen molar-refractivity contribution in [2.75, 3.05) is 0 Å². The molecule has 1 aliphatic carbocycles. The minimum atomic E-state index is -1.29. The zero-order valence-electron chi connectivity index (χ0n) is 10.4. The van der Waals surface area contributed by atoms with Crippen molar-refractivity contribution in [1.82, 2.24) is 4.98 Å². The largest absolute Gasteiger partial charge is 0.261 e. The molecule has 0 fully saturated rings. The predicted octanol–water partition coefficient (Wildman–Crippen LogP) is 4.41. The average molecular weight is 308 g/mol.